The number of ketones is 1. The minimum atomic E-state index is -0.141. The number of esters is 1. The van der Waals surface area contributed by atoms with Gasteiger partial charge in [-0.15, -0.1) is 0 Å². The van der Waals surface area contributed by atoms with Gasteiger partial charge in [-0.25, -0.2) is 0 Å². The Hall–Kier alpha value is -1.12. The van der Waals surface area contributed by atoms with E-state index in [2.05, 4.69) is 89.2 Å². The summed E-state index contributed by atoms with van der Waals surface area (Å²) in [5.74, 6) is 3.11. The van der Waals surface area contributed by atoms with Gasteiger partial charge in [-0.1, -0.05) is 88.7 Å². The Kier molecular flexibility index (Phi) is 8.39. The molecule has 1 unspecified atom stereocenters. The van der Waals surface area contributed by atoms with E-state index in [0.717, 1.165) is 32.1 Å². The average molecular weight is 555 g/mol. The van der Waals surface area contributed by atoms with Gasteiger partial charge in [0.25, 0.3) is 0 Å². The van der Waals surface area contributed by atoms with Crippen molar-refractivity contribution in [3.63, 3.8) is 0 Å². The first kappa shape index (κ1) is 31.8. The minimum Gasteiger partial charge on any atom is -0.462 e. The zero-order chi connectivity index (χ0) is 30.1. The Labute approximate surface area is 247 Å². The summed E-state index contributed by atoms with van der Waals surface area (Å²) in [6.07, 6.45) is 11.4. The highest BCUT2D eigenvalue weighted by atomic mass is 16.5. The first-order valence-corrected chi connectivity index (χ1v) is 16.7. The largest absolute Gasteiger partial charge is 0.462 e. The topological polar surface area (TPSA) is 43.4 Å². The number of hydrogen-bond acceptors (Lipinski definition) is 3. The standard InChI is InChI=1S/C37H62O3/c1-23(2)19-32(39)40-31(15-16-33(5,6)7)34(8,9)30-14-18-36(11)27-21-29(38)28-20-24(3)25(4)22-35(28,10)26(27)13-17-37(30,36)12/h21,23-26,28,30-31H,13-20,22H2,1-12H3/t24-,25+,26?,28+,30-,31-,35-,36+,37-/m1/s1. The van der Waals surface area contributed by atoms with Crippen molar-refractivity contribution in [3.05, 3.63) is 11.6 Å². The quantitative estimate of drug-likeness (QED) is 0.294. The summed E-state index contributed by atoms with van der Waals surface area (Å²) in [5.41, 5.74) is 1.72. The summed E-state index contributed by atoms with van der Waals surface area (Å²) in [7, 11) is 0. The summed E-state index contributed by atoms with van der Waals surface area (Å²) in [4.78, 5) is 26.9. The fraction of sp³-hybridized carbons (Fsp3) is 0.892. The van der Waals surface area contributed by atoms with E-state index < -0.39 is 0 Å². The van der Waals surface area contributed by atoms with Gasteiger partial charge in [0.15, 0.2) is 5.78 Å². The maximum atomic E-state index is 13.8. The number of carbonyl (C=O) groups is 2. The molecule has 0 aromatic carbocycles. The highest BCUT2D eigenvalue weighted by Crippen LogP contribution is 2.73. The third-order valence-corrected chi connectivity index (χ3v) is 13.2. The van der Waals surface area contributed by atoms with Gasteiger partial charge < -0.3 is 4.74 Å². The molecule has 0 aliphatic heterocycles. The second kappa shape index (κ2) is 10.6. The van der Waals surface area contributed by atoms with Crippen molar-refractivity contribution in [2.24, 2.45) is 62.6 Å². The van der Waals surface area contributed by atoms with Crippen molar-refractivity contribution in [2.45, 2.75) is 147 Å². The second-order valence-corrected chi connectivity index (χ2v) is 17.9. The smallest absolute Gasteiger partial charge is 0.306 e. The van der Waals surface area contributed by atoms with Gasteiger partial charge in [-0.2, -0.15) is 0 Å². The van der Waals surface area contributed by atoms with Crippen LogP contribution in [0.2, 0.25) is 0 Å². The van der Waals surface area contributed by atoms with Crippen molar-refractivity contribution in [3.8, 4) is 0 Å². The molecule has 3 fully saturated rings. The van der Waals surface area contributed by atoms with Crippen LogP contribution >= 0.6 is 0 Å². The van der Waals surface area contributed by atoms with Crippen LogP contribution in [0.25, 0.3) is 0 Å². The van der Waals surface area contributed by atoms with Crippen molar-refractivity contribution in [1.29, 1.82) is 0 Å². The first-order chi connectivity index (χ1) is 18.3. The monoisotopic (exact) mass is 554 g/mol. The van der Waals surface area contributed by atoms with Crippen molar-refractivity contribution in [1.82, 2.24) is 0 Å². The zero-order valence-corrected chi connectivity index (χ0v) is 28.2. The van der Waals surface area contributed by atoms with Crippen LogP contribution in [-0.4, -0.2) is 17.9 Å². The van der Waals surface area contributed by atoms with Gasteiger partial charge in [0.1, 0.15) is 6.10 Å². The average Bonchev–Trinajstić information content (AvgIpc) is 3.09. The molecule has 0 saturated heterocycles. The predicted molar refractivity (Wildman–Crippen MR) is 166 cm³/mol. The summed E-state index contributed by atoms with van der Waals surface area (Å²) in [5, 5.41) is 0. The van der Waals surface area contributed by atoms with E-state index in [9.17, 15) is 9.59 Å². The van der Waals surface area contributed by atoms with Gasteiger partial charge in [-0.3, -0.25) is 9.59 Å². The normalized spacial score (nSPS) is 40.7. The summed E-state index contributed by atoms with van der Waals surface area (Å²) >= 11 is 0. The molecule has 4 aliphatic carbocycles. The molecule has 0 amide bonds. The van der Waals surface area contributed by atoms with Crippen LogP contribution in [0.3, 0.4) is 0 Å². The highest BCUT2D eigenvalue weighted by molar-refractivity contribution is 5.94. The highest BCUT2D eigenvalue weighted by Gasteiger charge is 2.67. The van der Waals surface area contributed by atoms with Crippen LogP contribution in [0, 0.1) is 62.6 Å². The van der Waals surface area contributed by atoms with Crippen LogP contribution in [-0.2, 0) is 14.3 Å². The zero-order valence-electron chi connectivity index (χ0n) is 28.2. The van der Waals surface area contributed by atoms with Gasteiger partial charge >= 0.3 is 5.97 Å². The molecule has 0 N–H and O–H groups in total. The lowest BCUT2D eigenvalue weighted by Crippen LogP contribution is -2.57. The Morgan fingerprint density at radius 2 is 1.65 bits per heavy atom. The molecule has 3 heteroatoms. The minimum absolute atomic E-state index is 0.0182. The molecule has 4 aliphatic rings. The van der Waals surface area contributed by atoms with Crippen LogP contribution in [0.15, 0.2) is 11.6 Å². The molecule has 0 heterocycles. The van der Waals surface area contributed by atoms with Gasteiger partial charge in [0.05, 0.1) is 0 Å². The van der Waals surface area contributed by atoms with Gasteiger partial charge in [0, 0.05) is 17.8 Å². The Balaban J connectivity index is 1.68. The van der Waals surface area contributed by atoms with E-state index in [0.29, 0.717) is 41.8 Å². The molecule has 4 rings (SSSR count). The maximum Gasteiger partial charge on any atom is 0.306 e. The van der Waals surface area contributed by atoms with Gasteiger partial charge in [-0.05, 0) is 109 Å². The maximum absolute atomic E-state index is 13.8. The lowest BCUT2D eigenvalue weighted by atomic mass is 9.42. The van der Waals surface area contributed by atoms with Crippen molar-refractivity contribution >= 4 is 11.8 Å². The number of allylic oxidation sites excluding steroid dienone is 2. The van der Waals surface area contributed by atoms with Gasteiger partial charge in [0.2, 0.25) is 0 Å². The third-order valence-electron chi connectivity index (χ3n) is 13.2. The molecule has 0 aromatic rings. The van der Waals surface area contributed by atoms with Crippen molar-refractivity contribution < 1.29 is 14.3 Å². The van der Waals surface area contributed by atoms with Crippen LogP contribution < -0.4 is 0 Å². The molecule has 0 radical (unpaired) electrons. The molecule has 9 atom stereocenters. The fourth-order valence-electron chi connectivity index (χ4n) is 10.4. The van der Waals surface area contributed by atoms with E-state index >= 15 is 0 Å². The molecule has 0 spiro atoms. The summed E-state index contributed by atoms with van der Waals surface area (Å²) < 4.78 is 6.42. The lowest BCUT2D eigenvalue weighted by molar-refractivity contribution is -0.165. The molecule has 228 valence electrons. The Morgan fingerprint density at radius 1 is 1.00 bits per heavy atom. The predicted octanol–water partition coefficient (Wildman–Crippen LogP) is 9.83. The molecule has 40 heavy (non-hydrogen) atoms. The molecule has 3 saturated carbocycles. The molecule has 0 bridgehead atoms. The molecular weight excluding hydrogens is 492 g/mol. The molecule has 3 nitrogen and oxygen atoms in total. The summed E-state index contributed by atoms with van der Waals surface area (Å²) in [6.45, 7) is 28.1. The molecule has 0 aromatic heterocycles. The Bertz CT molecular complexity index is 1010. The number of rotatable bonds is 7. The van der Waals surface area contributed by atoms with Crippen LogP contribution in [0.1, 0.15) is 141 Å². The number of carbonyl (C=O) groups excluding carboxylic acids is 2. The van der Waals surface area contributed by atoms with Crippen LogP contribution in [0.4, 0.5) is 0 Å². The molecular formula is C37H62O3. The number of ether oxygens (including phenoxy) is 1. The van der Waals surface area contributed by atoms with E-state index in [1.165, 1.54) is 24.8 Å². The van der Waals surface area contributed by atoms with E-state index in [1.807, 2.05) is 0 Å². The van der Waals surface area contributed by atoms with E-state index in [1.54, 1.807) is 0 Å². The number of hydrogen-bond donors (Lipinski definition) is 0. The third kappa shape index (κ3) is 5.27. The van der Waals surface area contributed by atoms with Crippen LogP contribution in [0.5, 0.6) is 0 Å². The van der Waals surface area contributed by atoms with E-state index in [-0.39, 0.29) is 45.1 Å². The second-order valence-electron chi connectivity index (χ2n) is 17.9. The lowest BCUT2D eigenvalue weighted by Gasteiger charge is -2.62. The Morgan fingerprint density at radius 3 is 2.25 bits per heavy atom. The number of fused-ring (bicyclic) bond motifs is 5. The van der Waals surface area contributed by atoms with Crippen molar-refractivity contribution in [2.75, 3.05) is 0 Å². The summed E-state index contributed by atoms with van der Waals surface area (Å²) in [6, 6.07) is 0. The van der Waals surface area contributed by atoms with E-state index in [4.69, 9.17) is 4.74 Å². The first-order valence-electron chi connectivity index (χ1n) is 16.7. The SMILES string of the molecule is CC(C)CC(=O)O[C@H](CCC(C)(C)C)C(C)(C)[C@H]1CC[C@@]2(C)C3=CC(=O)[C@@H]4C[C@@H](C)[C@@H](C)C[C@]4(C)C3CC[C@]12C. The fourth-order valence-corrected chi connectivity index (χ4v) is 10.4.